The summed E-state index contributed by atoms with van der Waals surface area (Å²) in [5.41, 5.74) is 7.40. The molecule has 0 saturated carbocycles. The van der Waals surface area contributed by atoms with Gasteiger partial charge in [-0.2, -0.15) is 0 Å². The molecule has 0 aliphatic carbocycles. The van der Waals surface area contributed by atoms with Gasteiger partial charge in [-0.25, -0.2) is 4.98 Å². The molecule has 9 heteroatoms. The molecule has 7 nitrogen and oxygen atoms in total. The summed E-state index contributed by atoms with van der Waals surface area (Å²) in [6, 6.07) is 12.4. The number of rotatable bonds is 4. The normalized spacial score (nSPS) is 10.8. The van der Waals surface area contributed by atoms with E-state index in [-0.39, 0.29) is 18.0 Å². The van der Waals surface area contributed by atoms with Gasteiger partial charge in [0.25, 0.3) is 11.6 Å². The summed E-state index contributed by atoms with van der Waals surface area (Å²) >= 11 is 7.34. The van der Waals surface area contributed by atoms with Gasteiger partial charge < -0.3 is 4.52 Å². The van der Waals surface area contributed by atoms with E-state index in [1.54, 1.807) is 37.3 Å². The van der Waals surface area contributed by atoms with Crippen LogP contribution in [0.2, 0.25) is 5.02 Å². The lowest BCUT2D eigenvalue weighted by Crippen LogP contribution is -2.42. The number of carbonyl (C=O) groups is 2. The van der Waals surface area contributed by atoms with Crippen LogP contribution in [-0.4, -0.2) is 22.0 Å². The second-order valence-electron chi connectivity index (χ2n) is 6.29. The summed E-state index contributed by atoms with van der Waals surface area (Å²) in [5, 5.41) is 6.93. The summed E-state index contributed by atoms with van der Waals surface area (Å²) in [5.74, 6) is -0.836. The Balaban J connectivity index is 1.54. The van der Waals surface area contributed by atoms with Gasteiger partial charge in [0.15, 0.2) is 0 Å². The molecular formula is C20H15ClN4O3S. The number of hydrogen-bond acceptors (Lipinski definition) is 6. The monoisotopic (exact) mass is 426 g/mol. The zero-order valence-electron chi connectivity index (χ0n) is 15.2. The molecule has 0 saturated heterocycles. The fraction of sp³-hybridized carbons (Fsp3) is 0.100. The Morgan fingerprint density at radius 1 is 1.17 bits per heavy atom. The Hall–Kier alpha value is -3.23. The van der Waals surface area contributed by atoms with Crippen LogP contribution in [0.15, 0.2) is 52.4 Å². The zero-order valence-corrected chi connectivity index (χ0v) is 16.8. The molecular weight excluding hydrogens is 412 g/mol. The first-order valence-electron chi connectivity index (χ1n) is 8.66. The van der Waals surface area contributed by atoms with Crippen LogP contribution in [0.25, 0.3) is 21.7 Å². The lowest BCUT2D eigenvalue weighted by Gasteiger charge is -2.09. The predicted octanol–water partition coefficient (Wildman–Crippen LogP) is 3.92. The molecule has 2 N–H and O–H groups in total. The first kappa shape index (κ1) is 19.1. The van der Waals surface area contributed by atoms with Crippen LogP contribution >= 0.6 is 22.9 Å². The van der Waals surface area contributed by atoms with Crippen LogP contribution in [0.3, 0.4) is 0 Å². The first-order chi connectivity index (χ1) is 14.0. The van der Waals surface area contributed by atoms with Gasteiger partial charge in [0, 0.05) is 5.02 Å². The van der Waals surface area contributed by atoms with E-state index in [1.807, 2.05) is 17.5 Å². The van der Waals surface area contributed by atoms with Crippen LogP contribution in [-0.2, 0) is 11.2 Å². The first-order valence-corrected chi connectivity index (χ1v) is 9.91. The van der Waals surface area contributed by atoms with Gasteiger partial charge >= 0.3 is 0 Å². The van der Waals surface area contributed by atoms with Crippen molar-refractivity contribution in [3.63, 3.8) is 0 Å². The SMILES string of the molecule is Cc1noc2nc(-c3cccs3)cc(C(=O)NNC(=O)Cc3ccc(Cl)cc3)c12. The highest BCUT2D eigenvalue weighted by Gasteiger charge is 2.20. The summed E-state index contributed by atoms with van der Waals surface area (Å²) in [4.78, 5) is 30.3. The third kappa shape index (κ3) is 4.13. The smallest absolute Gasteiger partial charge is 0.270 e. The number of carbonyl (C=O) groups excluding carboxylic acids is 2. The maximum atomic E-state index is 12.8. The van der Waals surface area contributed by atoms with Crippen molar-refractivity contribution in [2.45, 2.75) is 13.3 Å². The largest absolute Gasteiger partial charge is 0.335 e. The number of fused-ring (bicyclic) bond motifs is 1. The second kappa shape index (κ2) is 8.02. The molecule has 0 fully saturated rings. The van der Waals surface area contributed by atoms with Crippen LogP contribution < -0.4 is 10.9 Å². The quantitative estimate of drug-likeness (QED) is 0.482. The summed E-state index contributed by atoms with van der Waals surface area (Å²) in [7, 11) is 0. The lowest BCUT2D eigenvalue weighted by molar-refractivity contribution is -0.121. The van der Waals surface area contributed by atoms with Crippen LogP contribution in [0.5, 0.6) is 0 Å². The maximum Gasteiger partial charge on any atom is 0.270 e. The number of nitrogens with zero attached hydrogens (tertiary/aromatic N) is 2. The number of aryl methyl sites for hydroxylation is 1. The van der Waals surface area contributed by atoms with Crippen molar-refractivity contribution in [3.8, 4) is 10.6 Å². The Kier molecular flexibility index (Phi) is 5.28. The third-order valence-electron chi connectivity index (χ3n) is 4.23. The fourth-order valence-electron chi connectivity index (χ4n) is 2.85. The molecule has 0 unspecified atom stereocenters. The van der Waals surface area contributed by atoms with E-state index in [4.69, 9.17) is 16.1 Å². The van der Waals surface area contributed by atoms with Crippen molar-refractivity contribution in [1.29, 1.82) is 0 Å². The zero-order chi connectivity index (χ0) is 20.4. The minimum Gasteiger partial charge on any atom is -0.335 e. The molecule has 4 rings (SSSR count). The van der Waals surface area contributed by atoms with Gasteiger partial charge in [0.05, 0.1) is 33.6 Å². The summed E-state index contributed by atoms with van der Waals surface area (Å²) in [6.07, 6.45) is 0.107. The van der Waals surface area contributed by atoms with Crippen molar-refractivity contribution in [3.05, 3.63) is 69.7 Å². The highest BCUT2D eigenvalue weighted by atomic mass is 35.5. The Morgan fingerprint density at radius 2 is 1.97 bits per heavy atom. The van der Waals surface area contributed by atoms with E-state index < -0.39 is 5.91 Å². The highest BCUT2D eigenvalue weighted by Crippen LogP contribution is 2.29. The van der Waals surface area contributed by atoms with Crippen molar-refractivity contribution >= 4 is 45.9 Å². The molecule has 146 valence electrons. The van der Waals surface area contributed by atoms with Gasteiger partial charge in [-0.05, 0) is 42.1 Å². The van der Waals surface area contributed by atoms with E-state index in [0.717, 1.165) is 10.4 Å². The van der Waals surface area contributed by atoms with Gasteiger partial charge in [-0.3, -0.25) is 20.4 Å². The maximum absolute atomic E-state index is 12.8. The minimum atomic E-state index is -0.481. The number of amides is 2. The van der Waals surface area contributed by atoms with E-state index in [1.165, 1.54) is 11.3 Å². The molecule has 0 radical (unpaired) electrons. The van der Waals surface area contributed by atoms with Gasteiger partial charge in [0.2, 0.25) is 5.91 Å². The number of aromatic nitrogens is 2. The van der Waals surface area contributed by atoms with Gasteiger partial charge in [0.1, 0.15) is 0 Å². The van der Waals surface area contributed by atoms with E-state index >= 15 is 0 Å². The average Bonchev–Trinajstić information content (AvgIpc) is 3.38. The Morgan fingerprint density at radius 3 is 2.69 bits per heavy atom. The molecule has 0 aliphatic heterocycles. The molecule has 29 heavy (non-hydrogen) atoms. The lowest BCUT2D eigenvalue weighted by atomic mass is 10.1. The summed E-state index contributed by atoms with van der Waals surface area (Å²) < 4.78 is 5.26. The summed E-state index contributed by atoms with van der Waals surface area (Å²) in [6.45, 7) is 1.73. The number of hydrazine groups is 1. The highest BCUT2D eigenvalue weighted by molar-refractivity contribution is 7.13. The van der Waals surface area contributed by atoms with Crippen molar-refractivity contribution in [1.82, 2.24) is 21.0 Å². The van der Waals surface area contributed by atoms with E-state index in [9.17, 15) is 9.59 Å². The second-order valence-corrected chi connectivity index (χ2v) is 7.67. The van der Waals surface area contributed by atoms with E-state index in [2.05, 4.69) is 21.0 Å². The van der Waals surface area contributed by atoms with Crippen molar-refractivity contribution in [2.24, 2.45) is 0 Å². The van der Waals surface area contributed by atoms with Gasteiger partial charge in [-0.15, -0.1) is 11.3 Å². The molecule has 0 atom stereocenters. The molecule has 3 aromatic heterocycles. The number of nitrogens with one attached hydrogen (secondary N) is 2. The molecule has 1 aromatic carbocycles. The standard InChI is InChI=1S/C20H15ClN4O3S/c1-11-18-14(10-15(16-3-2-8-29-16)22-20(18)28-25-11)19(27)24-23-17(26)9-12-4-6-13(21)7-5-12/h2-8,10H,9H2,1H3,(H,23,26)(H,24,27). The number of benzene rings is 1. The third-order valence-corrected chi connectivity index (χ3v) is 5.37. The van der Waals surface area contributed by atoms with Crippen molar-refractivity contribution in [2.75, 3.05) is 0 Å². The number of thiophene rings is 1. The molecule has 4 aromatic rings. The number of pyridine rings is 1. The molecule has 2 amide bonds. The molecule has 0 aliphatic rings. The fourth-order valence-corrected chi connectivity index (χ4v) is 3.66. The Bertz CT molecular complexity index is 1190. The molecule has 0 bridgehead atoms. The molecule has 0 spiro atoms. The Labute approximate surface area is 174 Å². The van der Waals surface area contributed by atoms with Crippen LogP contribution in [0, 0.1) is 6.92 Å². The number of hydrogen-bond donors (Lipinski definition) is 2. The predicted molar refractivity (Wildman–Crippen MR) is 111 cm³/mol. The average molecular weight is 427 g/mol. The van der Waals surface area contributed by atoms with Crippen LogP contribution in [0.4, 0.5) is 0 Å². The van der Waals surface area contributed by atoms with Crippen molar-refractivity contribution < 1.29 is 14.1 Å². The van der Waals surface area contributed by atoms with Crippen LogP contribution in [0.1, 0.15) is 21.6 Å². The minimum absolute atomic E-state index is 0.107. The van der Waals surface area contributed by atoms with Gasteiger partial charge in [-0.1, -0.05) is 35.0 Å². The van der Waals surface area contributed by atoms with E-state index in [0.29, 0.717) is 27.4 Å². The number of halogens is 1. The molecule has 3 heterocycles. The topological polar surface area (TPSA) is 97.1 Å².